The summed E-state index contributed by atoms with van der Waals surface area (Å²) in [6.45, 7) is 0. The van der Waals surface area contributed by atoms with E-state index in [0.717, 1.165) is 5.56 Å². The third-order valence-corrected chi connectivity index (χ3v) is 3.98. The second kappa shape index (κ2) is 6.98. The molecule has 0 bridgehead atoms. The molecule has 2 aromatic carbocycles. The summed E-state index contributed by atoms with van der Waals surface area (Å²) in [6, 6.07) is 16.4. The van der Waals surface area contributed by atoms with Gasteiger partial charge in [-0.15, -0.1) is 0 Å². The normalized spacial score (nSPS) is 18.0. The van der Waals surface area contributed by atoms with Gasteiger partial charge in [0.15, 0.2) is 5.17 Å². The summed E-state index contributed by atoms with van der Waals surface area (Å²) in [5.74, 6) is -0.0330. The Hall–Kier alpha value is -2.79. The SMILES string of the molecule is O=C1NC(=Nc2cccc(O)c2)S/C1=C\C=C/c1ccccc1. The number of hydrogen-bond acceptors (Lipinski definition) is 4. The largest absolute Gasteiger partial charge is 0.508 e. The predicted octanol–water partition coefficient (Wildman–Crippen LogP) is 3.84. The van der Waals surface area contributed by atoms with Crippen LogP contribution in [0.1, 0.15) is 5.56 Å². The van der Waals surface area contributed by atoms with E-state index in [-0.39, 0.29) is 11.7 Å². The number of aromatic hydroxyl groups is 1. The molecular weight excluding hydrogens is 308 g/mol. The average molecular weight is 322 g/mol. The third-order valence-electron chi connectivity index (χ3n) is 3.05. The molecule has 0 aromatic heterocycles. The number of rotatable bonds is 3. The molecule has 23 heavy (non-hydrogen) atoms. The molecule has 0 unspecified atom stereocenters. The molecule has 3 rings (SSSR count). The predicted molar refractivity (Wildman–Crippen MR) is 94.5 cm³/mol. The molecule has 1 aliphatic rings. The van der Waals surface area contributed by atoms with Gasteiger partial charge in [0.05, 0.1) is 10.6 Å². The minimum atomic E-state index is -0.174. The standard InChI is InChI=1S/C18H14N2O2S/c21-15-10-5-9-14(12-15)19-18-20-17(22)16(23-18)11-4-8-13-6-2-1-3-7-13/h1-12,21H,(H,19,20,22)/b8-4-,16-11-. The van der Waals surface area contributed by atoms with Crippen LogP contribution in [0.3, 0.4) is 0 Å². The van der Waals surface area contributed by atoms with E-state index in [9.17, 15) is 9.90 Å². The number of phenols is 1. The zero-order valence-electron chi connectivity index (χ0n) is 12.1. The number of allylic oxidation sites excluding steroid dienone is 2. The van der Waals surface area contributed by atoms with Gasteiger partial charge >= 0.3 is 0 Å². The van der Waals surface area contributed by atoms with Gasteiger partial charge in [-0.05, 0) is 35.5 Å². The molecule has 5 heteroatoms. The first-order valence-corrected chi connectivity index (χ1v) is 7.83. The van der Waals surface area contributed by atoms with E-state index >= 15 is 0 Å². The van der Waals surface area contributed by atoms with Crippen molar-refractivity contribution in [3.8, 4) is 5.75 Å². The number of nitrogens with one attached hydrogen (secondary N) is 1. The Labute approximate surface area is 138 Å². The second-order valence-electron chi connectivity index (χ2n) is 4.79. The lowest BCUT2D eigenvalue weighted by atomic mass is 10.2. The van der Waals surface area contributed by atoms with E-state index in [0.29, 0.717) is 15.8 Å². The molecule has 0 atom stereocenters. The third kappa shape index (κ3) is 4.11. The molecule has 2 aromatic rings. The van der Waals surface area contributed by atoms with Gasteiger partial charge in [-0.2, -0.15) is 0 Å². The molecule has 0 saturated carbocycles. The molecule has 1 saturated heterocycles. The number of carbonyl (C=O) groups excluding carboxylic acids is 1. The highest BCUT2D eigenvalue weighted by molar-refractivity contribution is 8.18. The van der Waals surface area contributed by atoms with Crippen LogP contribution in [0.15, 0.2) is 76.6 Å². The van der Waals surface area contributed by atoms with E-state index < -0.39 is 0 Å². The summed E-state index contributed by atoms with van der Waals surface area (Å²) < 4.78 is 0. The van der Waals surface area contributed by atoms with Crippen LogP contribution >= 0.6 is 11.8 Å². The first kappa shape index (κ1) is 15.1. The number of hydrogen-bond donors (Lipinski definition) is 2. The Morgan fingerprint density at radius 3 is 2.70 bits per heavy atom. The van der Waals surface area contributed by atoms with E-state index in [1.165, 1.54) is 17.8 Å². The Balaban J connectivity index is 1.72. The Bertz CT molecular complexity index is 811. The fourth-order valence-corrected chi connectivity index (χ4v) is 2.78. The molecule has 0 radical (unpaired) electrons. The van der Waals surface area contributed by atoms with Crippen molar-refractivity contribution in [2.45, 2.75) is 0 Å². The van der Waals surface area contributed by atoms with Crippen LogP contribution in [0.4, 0.5) is 5.69 Å². The highest BCUT2D eigenvalue weighted by atomic mass is 32.2. The van der Waals surface area contributed by atoms with Crippen molar-refractivity contribution in [2.75, 3.05) is 0 Å². The first-order chi connectivity index (χ1) is 11.2. The molecule has 4 nitrogen and oxygen atoms in total. The first-order valence-electron chi connectivity index (χ1n) is 7.01. The number of amidine groups is 1. The number of amides is 1. The summed E-state index contributed by atoms with van der Waals surface area (Å²) in [7, 11) is 0. The maximum atomic E-state index is 11.9. The Kier molecular flexibility index (Phi) is 4.59. The lowest BCUT2D eigenvalue weighted by Gasteiger charge is -1.96. The van der Waals surface area contributed by atoms with Crippen LogP contribution in [0.2, 0.25) is 0 Å². The average Bonchev–Trinajstić information content (AvgIpc) is 2.88. The summed E-state index contributed by atoms with van der Waals surface area (Å²) >= 11 is 1.27. The molecule has 1 heterocycles. The molecule has 1 fully saturated rings. The fourth-order valence-electron chi connectivity index (χ4n) is 1.99. The number of nitrogens with zero attached hydrogens (tertiary/aromatic N) is 1. The maximum absolute atomic E-state index is 11.9. The van der Waals surface area contributed by atoms with Crippen molar-refractivity contribution in [3.05, 3.63) is 77.2 Å². The number of aliphatic imine (C=N–C) groups is 1. The monoisotopic (exact) mass is 322 g/mol. The van der Waals surface area contributed by atoms with Crippen molar-refractivity contribution < 1.29 is 9.90 Å². The van der Waals surface area contributed by atoms with E-state index in [2.05, 4.69) is 10.3 Å². The van der Waals surface area contributed by atoms with Crippen molar-refractivity contribution in [1.82, 2.24) is 5.32 Å². The van der Waals surface area contributed by atoms with Crippen LogP contribution in [-0.4, -0.2) is 16.2 Å². The van der Waals surface area contributed by atoms with Crippen molar-refractivity contribution in [1.29, 1.82) is 0 Å². The van der Waals surface area contributed by atoms with Gasteiger partial charge in [0.2, 0.25) is 0 Å². The van der Waals surface area contributed by atoms with E-state index in [1.54, 1.807) is 24.3 Å². The topological polar surface area (TPSA) is 61.7 Å². The summed E-state index contributed by atoms with van der Waals surface area (Å²) in [5.41, 5.74) is 1.66. The maximum Gasteiger partial charge on any atom is 0.264 e. The summed E-state index contributed by atoms with van der Waals surface area (Å²) in [4.78, 5) is 16.8. The molecule has 0 spiro atoms. The van der Waals surface area contributed by atoms with Gasteiger partial charge < -0.3 is 10.4 Å². The molecule has 0 aliphatic carbocycles. The minimum Gasteiger partial charge on any atom is -0.508 e. The van der Waals surface area contributed by atoms with Gasteiger partial charge in [0.1, 0.15) is 5.75 Å². The van der Waals surface area contributed by atoms with Gasteiger partial charge in [-0.1, -0.05) is 48.6 Å². The van der Waals surface area contributed by atoms with Gasteiger partial charge in [-0.25, -0.2) is 4.99 Å². The van der Waals surface area contributed by atoms with E-state index in [4.69, 9.17) is 0 Å². The van der Waals surface area contributed by atoms with Crippen LogP contribution in [-0.2, 0) is 4.79 Å². The molecule has 1 amide bonds. The minimum absolute atomic E-state index is 0.141. The smallest absolute Gasteiger partial charge is 0.264 e. The van der Waals surface area contributed by atoms with Crippen LogP contribution in [0, 0.1) is 0 Å². The van der Waals surface area contributed by atoms with Gasteiger partial charge in [0.25, 0.3) is 5.91 Å². The Morgan fingerprint density at radius 2 is 1.91 bits per heavy atom. The lowest BCUT2D eigenvalue weighted by Crippen LogP contribution is -2.19. The molecule has 114 valence electrons. The molecule has 2 N–H and O–H groups in total. The fraction of sp³-hybridized carbons (Fsp3) is 0. The van der Waals surface area contributed by atoms with Crippen LogP contribution < -0.4 is 5.32 Å². The van der Waals surface area contributed by atoms with Crippen molar-refractivity contribution in [3.63, 3.8) is 0 Å². The quantitative estimate of drug-likeness (QED) is 0.844. The number of thioether (sulfide) groups is 1. The summed E-state index contributed by atoms with van der Waals surface area (Å²) in [5, 5.41) is 12.6. The zero-order valence-corrected chi connectivity index (χ0v) is 13.0. The number of carbonyl (C=O) groups is 1. The highest BCUT2D eigenvalue weighted by Crippen LogP contribution is 2.27. The lowest BCUT2D eigenvalue weighted by molar-refractivity contribution is -0.115. The van der Waals surface area contributed by atoms with Crippen molar-refractivity contribution in [2.24, 2.45) is 4.99 Å². The molecular formula is C18H14N2O2S. The van der Waals surface area contributed by atoms with Gasteiger partial charge in [-0.3, -0.25) is 4.79 Å². The van der Waals surface area contributed by atoms with Crippen molar-refractivity contribution >= 4 is 34.6 Å². The zero-order chi connectivity index (χ0) is 16.1. The summed E-state index contributed by atoms with van der Waals surface area (Å²) in [6.07, 6.45) is 5.54. The highest BCUT2D eigenvalue weighted by Gasteiger charge is 2.23. The van der Waals surface area contributed by atoms with E-state index in [1.807, 2.05) is 42.5 Å². The Morgan fingerprint density at radius 1 is 1.09 bits per heavy atom. The number of benzene rings is 2. The van der Waals surface area contributed by atoms with Crippen LogP contribution in [0.25, 0.3) is 6.08 Å². The number of phenolic OH excluding ortho intramolecular Hbond substituents is 1. The van der Waals surface area contributed by atoms with Gasteiger partial charge in [0, 0.05) is 6.07 Å². The second-order valence-corrected chi connectivity index (χ2v) is 5.82. The molecule has 1 aliphatic heterocycles. The van der Waals surface area contributed by atoms with Crippen LogP contribution in [0.5, 0.6) is 5.75 Å².